The summed E-state index contributed by atoms with van der Waals surface area (Å²) in [6.07, 6.45) is 8.87. The molecular weight excluding hydrogens is 586 g/mol. The molecule has 2 bridgehead atoms. The van der Waals surface area contributed by atoms with Crippen LogP contribution in [0.1, 0.15) is 37.7 Å². The molecule has 45 heavy (non-hydrogen) atoms. The van der Waals surface area contributed by atoms with Crippen molar-refractivity contribution in [3.05, 3.63) is 47.7 Å². The highest BCUT2D eigenvalue weighted by Gasteiger charge is 2.49. The van der Waals surface area contributed by atoms with Crippen LogP contribution in [0.3, 0.4) is 0 Å². The number of hydrogen-bond donors (Lipinski definition) is 1. The van der Waals surface area contributed by atoms with Crippen LogP contribution < -0.4 is 9.64 Å². The summed E-state index contributed by atoms with van der Waals surface area (Å²) in [6, 6.07) is 5.30. The first-order valence-corrected chi connectivity index (χ1v) is 15.4. The van der Waals surface area contributed by atoms with Gasteiger partial charge in [-0.1, -0.05) is 12.0 Å². The van der Waals surface area contributed by atoms with Gasteiger partial charge in [-0.05, 0) is 55.8 Å². The lowest BCUT2D eigenvalue weighted by Crippen LogP contribution is -2.44. The van der Waals surface area contributed by atoms with E-state index in [2.05, 4.69) is 20.8 Å². The van der Waals surface area contributed by atoms with Gasteiger partial charge in [-0.3, -0.25) is 9.88 Å². The molecule has 4 aromatic rings. The Labute approximate surface area is 257 Å². The molecule has 4 aliphatic rings. The minimum atomic E-state index is -0.944. The zero-order valence-electron chi connectivity index (χ0n) is 24.4. The van der Waals surface area contributed by atoms with Crippen LogP contribution >= 0.6 is 0 Å². The molecule has 4 fully saturated rings. The van der Waals surface area contributed by atoms with Crippen molar-refractivity contribution in [2.75, 3.05) is 37.7 Å². The molecule has 1 saturated carbocycles. The SMILES string of the molecule is C#Cc1c(F)ccc2cc(O)cc(-c3ncc4c(N5C[C@H]6CC[C@@H](C5)C6F)nc(OC[C@@]56CCCN5C[C@H](F)C6)nc4c3F)c12. The number of anilines is 1. The monoisotopic (exact) mass is 617 g/mol. The number of ether oxygens (including phenoxy) is 1. The average molecular weight is 618 g/mol. The Balaban J connectivity index is 1.28. The van der Waals surface area contributed by atoms with Crippen LogP contribution in [-0.2, 0) is 0 Å². The number of pyridine rings is 1. The van der Waals surface area contributed by atoms with Crippen molar-refractivity contribution in [3.63, 3.8) is 0 Å². The molecule has 1 aliphatic carbocycles. The second-order valence-corrected chi connectivity index (χ2v) is 13.0. The summed E-state index contributed by atoms with van der Waals surface area (Å²) < 4.78 is 67.0. The molecule has 3 aliphatic heterocycles. The van der Waals surface area contributed by atoms with E-state index in [0.717, 1.165) is 32.2 Å². The summed E-state index contributed by atoms with van der Waals surface area (Å²) in [7, 11) is 0. The standard InChI is InChI=1S/C34H31F4N5O2/c1-2-23-26(36)7-6-18-10-22(44)11-24(27(18)23)30-29(38)31-25(13-39-30)32(42-14-19-4-5-20(15-42)28(19)37)41-33(40-31)45-17-34-8-3-9-43(34)16-21(35)12-34/h1,6-7,10-11,13,19-21,28,44H,3-5,8-9,12,14-17H2/t19-,20+,21-,28?,34+/m1/s1. The van der Waals surface area contributed by atoms with Crippen molar-refractivity contribution in [1.82, 2.24) is 19.9 Å². The molecule has 2 aromatic heterocycles. The van der Waals surface area contributed by atoms with Crippen molar-refractivity contribution in [3.8, 4) is 35.4 Å². The molecule has 0 amide bonds. The molecule has 1 unspecified atom stereocenters. The van der Waals surface area contributed by atoms with E-state index in [9.17, 15) is 18.3 Å². The van der Waals surface area contributed by atoms with E-state index >= 15 is 4.39 Å². The first kappa shape index (κ1) is 28.3. The average Bonchev–Trinajstić information content (AvgIpc) is 3.60. The third-order valence-corrected chi connectivity index (χ3v) is 10.3. The maximum absolute atomic E-state index is 16.7. The van der Waals surface area contributed by atoms with Crippen LogP contribution in [0.15, 0.2) is 30.5 Å². The first-order valence-electron chi connectivity index (χ1n) is 15.4. The molecule has 5 atom stereocenters. The normalized spacial score (nSPS) is 27.8. The van der Waals surface area contributed by atoms with Gasteiger partial charge in [0, 0.05) is 55.0 Å². The largest absolute Gasteiger partial charge is 0.508 e. The fourth-order valence-corrected chi connectivity index (χ4v) is 8.24. The molecule has 5 heterocycles. The van der Waals surface area contributed by atoms with Crippen LogP contribution in [0, 0.1) is 35.8 Å². The predicted octanol–water partition coefficient (Wildman–Crippen LogP) is 5.95. The Morgan fingerprint density at radius 1 is 1.09 bits per heavy atom. The first-order chi connectivity index (χ1) is 21.7. The molecule has 7 nitrogen and oxygen atoms in total. The minimum absolute atomic E-state index is 0.0667. The molecule has 232 valence electrons. The highest BCUT2D eigenvalue weighted by molar-refractivity contribution is 6.03. The third-order valence-electron chi connectivity index (χ3n) is 10.3. The molecule has 1 N–H and O–H groups in total. The zero-order chi connectivity index (χ0) is 31.0. The molecule has 0 radical (unpaired) electrons. The smallest absolute Gasteiger partial charge is 0.319 e. The summed E-state index contributed by atoms with van der Waals surface area (Å²) in [5, 5.41) is 11.5. The number of aromatic nitrogens is 3. The lowest BCUT2D eigenvalue weighted by molar-refractivity contribution is 0.107. The second-order valence-electron chi connectivity index (χ2n) is 13.0. The number of piperidine rings is 1. The Hall–Kier alpha value is -4.17. The number of terminal acetylenes is 1. The highest BCUT2D eigenvalue weighted by atomic mass is 19.1. The van der Waals surface area contributed by atoms with Gasteiger partial charge < -0.3 is 14.7 Å². The highest BCUT2D eigenvalue weighted by Crippen LogP contribution is 2.44. The Morgan fingerprint density at radius 3 is 2.67 bits per heavy atom. The molecular formula is C34H31F4N5O2. The van der Waals surface area contributed by atoms with E-state index in [1.165, 1.54) is 30.5 Å². The number of aromatic hydroxyl groups is 1. The Bertz CT molecular complexity index is 1890. The van der Waals surface area contributed by atoms with E-state index in [-0.39, 0.29) is 57.9 Å². The Kier molecular flexibility index (Phi) is 6.57. The van der Waals surface area contributed by atoms with E-state index in [4.69, 9.17) is 16.1 Å². The van der Waals surface area contributed by atoms with Gasteiger partial charge in [0.15, 0.2) is 5.82 Å². The lowest BCUT2D eigenvalue weighted by atomic mass is 9.95. The Morgan fingerprint density at radius 2 is 1.89 bits per heavy atom. The van der Waals surface area contributed by atoms with Gasteiger partial charge in [0.2, 0.25) is 0 Å². The van der Waals surface area contributed by atoms with Crippen molar-refractivity contribution in [2.24, 2.45) is 11.8 Å². The number of alkyl halides is 2. The summed E-state index contributed by atoms with van der Waals surface area (Å²) in [4.78, 5) is 17.7. The van der Waals surface area contributed by atoms with E-state index in [1.54, 1.807) is 0 Å². The van der Waals surface area contributed by atoms with Crippen LogP contribution in [-0.4, -0.2) is 75.6 Å². The summed E-state index contributed by atoms with van der Waals surface area (Å²) in [6.45, 7) is 2.12. The van der Waals surface area contributed by atoms with Crippen molar-refractivity contribution in [1.29, 1.82) is 0 Å². The minimum Gasteiger partial charge on any atom is -0.508 e. The van der Waals surface area contributed by atoms with Gasteiger partial charge in [-0.2, -0.15) is 9.97 Å². The third kappa shape index (κ3) is 4.48. The van der Waals surface area contributed by atoms with Crippen LogP contribution in [0.5, 0.6) is 11.8 Å². The van der Waals surface area contributed by atoms with Crippen molar-refractivity contribution in [2.45, 2.75) is 50.0 Å². The summed E-state index contributed by atoms with van der Waals surface area (Å²) >= 11 is 0. The van der Waals surface area contributed by atoms with Crippen LogP contribution in [0.2, 0.25) is 0 Å². The molecule has 0 spiro atoms. The number of benzene rings is 2. The lowest BCUT2D eigenvalue weighted by Gasteiger charge is -2.35. The van der Waals surface area contributed by atoms with Gasteiger partial charge in [0.05, 0.1) is 16.5 Å². The van der Waals surface area contributed by atoms with Gasteiger partial charge >= 0.3 is 6.01 Å². The van der Waals surface area contributed by atoms with E-state index in [1.807, 2.05) is 4.90 Å². The summed E-state index contributed by atoms with van der Waals surface area (Å²) in [5.41, 5.74) is -0.706. The molecule has 11 heteroatoms. The fraction of sp³-hybridized carbons (Fsp3) is 0.441. The maximum atomic E-state index is 16.7. The number of phenolic OH excluding ortho intramolecular Hbond substituents is 1. The number of phenols is 1. The predicted molar refractivity (Wildman–Crippen MR) is 162 cm³/mol. The zero-order valence-corrected chi connectivity index (χ0v) is 24.4. The molecule has 8 rings (SSSR count). The molecule has 2 aromatic carbocycles. The van der Waals surface area contributed by atoms with Gasteiger partial charge in [0.25, 0.3) is 0 Å². The number of nitrogens with zero attached hydrogens (tertiary/aromatic N) is 5. The van der Waals surface area contributed by atoms with Crippen LogP contribution in [0.25, 0.3) is 32.9 Å². The van der Waals surface area contributed by atoms with Crippen molar-refractivity contribution >= 4 is 27.5 Å². The van der Waals surface area contributed by atoms with Gasteiger partial charge in [-0.15, -0.1) is 6.42 Å². The topological polar surface area (TPSA) is 74.6 Å². The molecule has 3 saturated heterocycles. The van der Waals surface area contributed by atoms with Crippen molar-refractivity contribution < 1.29 is 27.4 Å². The van der Waals surface area contributed by atoms with E-state index < -0.39 is 29.5 Å². The number of fused-ring (bicyclic) bond motifs is 5. The fourth-order valence-electron chi connectivity index (χ4n) is 8.24. The second kappa shape index (κ2) is 10.4. The van der Waals surface area contributed by atoms with Gasteiger partial charge in [0.1, 0.15) is 47.5 Å². The summed E-state index contributed by atoms with van der Waals surface area (Å²) in [5.74, 6) is 0.770. The quantitative estimate of drug-likeness (QED) is 0.219. The number of hydrogen-bond acceptors (Lipinski definition) is 7. The number of halogens is 4. The maximum Gasteiger partial charge on any atom is 0.319 e. The number of rotatable bonds is 5. The van der Waals surface area contributed by atoms with E-state index in [0.29, 0.717) is 42.6 Å². The van der Waals surface area contributed by atoms with Crippen LogP contribution in [0.4, 0.5) is 23.4 Å². The van der Waals surface area contributed by atoms with Gasteiger partial charge in [-0.25, -0.2) is 17.6 Å².